The highest BCUT2D eigenvalue weighted by Crippen LogP contribution is 2.14. The smallest absolute Gasteiger partial charge is 0.144 e. The molecule has 1 rings (SSSR count). The van der Waals surface area contributed by atoms with Crippen LogP contribution in [-0.2, 0) is 0 Å². The third kappa shape index (κ3) is 3.75. The van der Waals surface area contributed by atoms with E-state index in [0.29, 0.717) is 23.6 Å². The number of anilines is 2. The molecule has 0 aliphatic heterocycles. The Labute approximate surface area is 94.9 Å². The third-order valence-corrected chi connectivity index (χ3v) is 2.12. The molecule has 16 heavy (non-hydrogen) atoms. The van der Waals surface area contributed by atoms with Crippen LogP contribution in [0.1, 0.15) is 25.3 Å². The minimum absolute atomic E-state index is 0.295. The van der Waals surface area contributed by atoms with Crippen LogP contribution in [0, 0.1) is 11.3 Å². The molecule has 1 aromatic heterocycles. The predicted octanol–water partition coefficient (Wildman–Crippen LogP) is 1.11. The van der Waals surface area contributed by atoms with Gasteiger partial charge in [-0.15, -0.1) is 0 Å². The SMILES string of the molecule is CC(O)CCCNc1ncc(N)cc1C#N. The minimum atomic E-state index is -0.295. The van der Waals surface area contributed by atoms with Crippen LogP contribution < -0.4 is 11.1 Å². The second kappa shape index (κ2) is 5.93. The Bertz CT molecular complexity index is 384. The molecule has 4 N–H and O–H groups in total. The van der Waals surface area contributed by atoms with Gasteiger partial charge in [0.15, 0.2) is 0 Å². The van der Waals surface area contributed by atoms with Gasteiger partial charge in [-0.1, -0.05) is 0 Å². The zero-order valence-electron chi connectivity index (χ0n) is 9.27. The molecular formula is C11H16N4O. The summed E-state index contributed by atoms with van der Waals surface area (Å²) in [5.74, 6) is 0.544. The molecule has 1 unspecified atom stereocenters. The minimum Gasteiger partial charge on any atom is -0.397 e. The molecule has 0 spiro atoms. The van der Waals surface area contributed by atoms with E-state index >= 15 is 0 Å². The summed E-state index contributed by atoms with van der Waals surface area (Å²) >= 11 is 0. The molecule has 5 nitrogen and oxygen atoms in total. The standard InChI is InChI=1S/C11H16N4O/c1-8(16)3-2-4-14-11-9(6-12)5-10(13)7-15-11/h5,7-8,16H,2-4,13H2,1H3,(H,14,15). The Morgan fingerprint density at radius 1 is 1.69 bits per heavy atom. The van der Waals surface area contributed by atoms with Crippen LogP contribution in [-0.4, -0.2) is 22.7 Å². The summed E-state index contributed by atoms with van der Waals surface area (Å²) < 4.78 is 0. The van der Waals surface area contributed by atoms with E-state index in [0.717, 1.165) is 12.8 Å². The van der Waals surface area contributed by atoms with Crippen LogP contribution in [0.15, 0.2) is 12.3 Å². The Morgan fingerprint density at radius 2 is 2.44 bits per heavy atom. The number of nitrogens with zero attached hydrogens (tertiary/aromatic N) is 2. The van der Waals surface area contributed by atoms with Gasteiger partial charge in [-0.25, -0.2) is 4.98 Å². The highest BCUT2D eigenvalue weighted by Gasteiger charge is 2.03. The second-order valence-corrected chi connectivity index (χ2v) is 3.69. The summed E-state index contributed by atoms with van der Waals surface area (Å²) in [5, 5.41) is 21.0. The normalized spacial score (nSPS) is 11.8. The number of aliphatic hydroxyl groups is 1. The monoisotopic (exact) mass is 220 g/mol. The quantitative estimate of drug-likeness (QED) is 0.646. The molecule has 1 aromatic rings. The molecule has 1 atom stereocenters. The van der Waals surface area contributed by atoms with Crippen LogP contribution in [0.4, 0.5) is 11.5 Å². The molecule has 5 heteroatoms. The van der Waals surface area contributed by atoms with Gasteiger partial charge in [-0.3, -0.25) is 0 Å². The second-order valence-electron chi connectivity index (χ2n) is 3.69. The Morgan fingerprint density at radius 3 is 3.06 bits per heavy atom. The summed E-state index contributed by atoms with van der Waals surface area (Å²) in [6.07, 6.45) is 2.77. The number of nitrogens with two attached hydrogens (primary N) is 1. The molecule has 0 aliphatic rings. The summed E-state index contributed by atoms with van der Waals surface area (Å²) in [6, 6.07) is 3.62. The lowest BCUT2D eigenvalue weighted by molar-refractivity contribution is 0.183. The summed E-state index contributed by atoms with van der Waals surface area (Å²) in [6.45, 7) is 2.43. The van der Waals surface area contributed by atoms with Gasteiger partial charge < -0.3 is 16.2 Å². The van der Waals surface area contributed by atoms with Crippen LogP contribution >= 0.6 is 0 Å². The Hall–Kier alpha value is -1.80. The number of aromatic nitrogens is 1. The lowest BCUT2D eigenvalue weighted by Crippen LogP contribution is -2.08. The lowest BCUT2D eigenvalue weighted by Gasteiger charge is -2.08. The largest absolute Gasteiger partial charge is 0.397 e. The third-order valence-electron chi connectivity index (χ3n) is 2.12. The molecule has 1 heterocycles. The first-order valence-corrected chi connectivity index (χ1v) is 5.21. The number of nitrogens with one attached hydrogen (secondary N) is 1. The number of nitriles is 1. The van der Waals surface area contributed by atoms with Gasteiger partial charge in [0.05, 0.1) is 23.6 Å². The molecule has 0 aromatic carbocycles. The van der Waals surface area contributed by atoms with Crippen LogP contribution in [0.3, 0.4) is 0 Å². The van der Waals surface area contributed by atoms with E-state index in [1.165, 1.54) is 6.20 Å². The van der Waals surface area contributed by atoms with Gasteiger partial charge in [0.25, 0.3) is 0 Å². The van der Waals surface area contributed by atoms with Crippen molar-refractivity contribution in [3.05, 3.63) is 17.8 Å². The summed E-state index contributed by atoms with van der Waals surface area (Å²) in [7, 11) is 0. The lowest BCUT2D eigenvalue weighted by atomic mass is 10.2. The van der Waals surface area contributed by atoms with E-state index in [1.807, 2.05) is 6.07 Å². The average molecular weight is 220 g/mol. The molecule has 0 radical (unpaired) electrons. The Balaban J connectivity index is 2.51. The van der Waals surface area contributed by atoms with E-state index < -0.39 is 0 Å². The van der Waals surface area contributed by atoms with Crippen molar-refractivity contribution in [3.8, 4) is 6.07 Å². The molecule has 0 bridgehead atoms. The van der Waals surface area contributed by atoms with E-state index in [9.17, 15) is 0 Å². The van der Waals surface area contributed by atoms with Crippen LogP contribution in [0.5, 0.6) is 0 Å². The van der Waals surface area contributed by atoms with Crippen molar-refractivity contribution < 1.29 is 5.11 Å². The summed E-state index contributed by atoms with van der Waals surface area (Å²) in [5.41, 5.74) is 6.44. The maximum absolute atomic E-state index is 9.07. The number of pyridine rings is 1. The molecule has 0 saturated carbocycles. The van der Waals surface area contributed by atoms with Gasteiger partial charge in [0.2, 0.25) is 0 Å². The van der Waals surface area contributed by atoms with Crippen LogP contribution in [0.25, 0.3) is 0 Å². The van der Waals surface area contributed by atoms with Gasteiger partial charge in [0.1, 0.15) is 11.9 Å². The molecule has 86 valence electrons. The number of nitrogen functional groups attached to an aromatic ring is 1. The molecule has 0 aliphatic carbocycles. The molecule has 0 saturated heterocycles. The fourth-order valence-electron chi connectivity index (χ4n) is 1.31. The van der Waals surface area contributed by atoms with Gasteiger partial charge in [0, 0.05) is 6.54 Å². The topological polar surface area (TPSA) is 95.0 Å². The van der Waals surface area contributed by atoms with E-state index in [1.54, 1.807) is 13.0 Å². The first-order valence-electron chi connectivity index (χ1n) is 5.21. The molecule has 0 amide bonds. The number of hydrogen-bond acceptors (Lipinski definition) is 5. The van der Waals surface area contributed by atoms with Gasteiger partial charge in [-0.05, 0) is 25.8 Å². The first-order chi connectivity index (χ1) is 7.63. The van der Waals surface area contributed by atoms with Crippen molar-refractivity contribution >= 4 is 11.5 Å². The van der Waals surface area contributed by atoms with Crippen molar-refractivity contribution in [2.24, 2.45) is 0 Å². The van der Waals surface area contributed by atoms with Crippen molar-refractivity contribution in [1.82, 2.24) is 4.98 Å². The zero-order valence-corrected chi connectivity index (χ0v) is 9.27. The van der Waals surface area contributed by atoms with E-state index in [2.05, 4.69) is 10.3 Å². The van der Waals surface area contributed by atoms with Crippen molar-refractivity contribution in [3.63, 3.8) is 0 Å². The fourth-order valence-corrected chi connectivity index (χ4v) is 1.31. The van der Waals surface area contributed by atoms with Crippen molar-refractivity contribution in [2.45, 2.75) is 25.9 Å². The molecule has 0 fully saturated rings. The maximum Gasteiger partial charge on any atom is 0.144 e. The highest BCUT2D eigenvalue weighted by atomic mass is 16.3. The highest BCUT2D eigenvalue weighted by molar-refractivity contribution is 5.57. The molecular weight excluding hydrogens is 204 g/mol. The number of hydrogen-bond donors (Lipinski definition) is 3. The average Bonchev–Trinajstić information content (AvgIpc) is 2.25. The van der Waals surface area contributed by atoms with Crippen molar-refractivity contribution in [2.75, 3.05) is 17.6 Å². The fraction of sp³-hybridized carbons (Fsp3) is 0.455. The van der Waals surface area contributed by atoms with Gasteiger partial charge in [-0.2, -0.15) is 5.26 Å². The summed E-state index contributed by atoms with van der Waals surface area (Å²) in [4.78, 5) is 4.04. The van der Waals surface area contributed by atoms with Crippen LogP contribution in [0.2, 0.25) is 0 Å². The number of aliphatic hydroxyl groups excluding tert-OH is 1. The Kier molecular flexibility index (Phi) is 4.55. The van der Waals surface area contributed by atoms with Crippen molar-refractivity contribution in [1.29, 1.82) is 5.26 Å². The number of rotatable bonds is 5. The van der Waals surface area contributed by atoms with Gasteiger partial charge >= 0.3 is 0 Å². The van der Waals surface area contributed by atoms with E-state index in [4.69, 9.17) is 16.1 Å². The van der Waals surface area contributed by atoms with E-state index in [-0.39, 0.29) is 6.10 Å². The zero-order chi connectivity index (χ0) is 12.0. The first kappa shape index (κ1) is 12.3. The predicted molar refractivity (Wildman–Crippen MR) is 62.8 cm³/mol. The maximum atomic E-state index is 9.07.